The number of rotatable bonds is 4. The summed E-state index contributed by atoms with van der Waals surface area (Å²) < 4.78 is 0. The first-order valence-electron chi connectivity index (χ1n) is 9.81. The molecule has 1 aliphatic heterocycles. The molecule has 1 saturated heterocycles. The minimum atomic E-state index is -0.205. The van der Waals surface area contributed by atoms with Crippen LogP contribution in [0, 0.1) is 5.92 Å². The third-order valence-electron chi connectivity index (χ3n) is 5.73. The molecule has 142 valence electrons. The van der Waals surface area contributed by atoms with Crippen molar-refractivity contribution >= 4 is 17.4 Å². The van der Waals surface area contributed by atoms with Gasteiger partial charge in [-0.15, -0.1) is 0 Å². The van der Waals surface area contributed by atoms with Gasteiger partial charge in [-0.1, -0.05) is 6.07 Å². The fourth-order valence-corrected chi connectivity index (χ4v) is 4.16. The van der Waals surface area contributed by atoms with Crippen LogP contribution in [0.1, 0.15) is 42.9 Å². The first-order valence-corrected chi connectivity index (χ1v) is 9.81. The summed E-state index contributed by atoms with van der Waals surface area (Å²) in [5, 5.41) is 12.5. The van der Waals surface area contributed by atoms with Gasteiger partial charge in [0, 0.05) is 32.1 Å². The smallest absolute Gasteiger partial charge is 0.233 e. The van der Waals surface area contributed by atoms with E-state index in [-0.39, 0.29) is 18.4 Å². The summed E-state index contributed by atoms with van der Waals surface area (Å²) in [5.74, 6) is 0.976. The van der Waals surface area contributed by atoms with Crippen LogP contribution >= 0.6 is 0 Å². The zero-order valence-electron chi connectivity index (χ0n) is 15.5. The zero-order chi connectivity index (χ0) is 18.6. The van der Waals surface area contributed by atoms with Crippen LogP contribution < -0.4 is 10.2 Å². The Labute approximate surface area is 159 Å². The highest BCUT2D eigenvalue weighted by molar-refractivity contribution is 5.98. The number of fused-ring (bicyclic) bond motifs is 1. The van der Waals surface area contributed by atoms with Crippen LogP contribution in [0.4, 0.5) is 11.5 Å². The largest absolute Gasteiger partial charge is 0.396 e. The normalized spacial score (nSPS) is 20.2. The van der Waals surface area contributed by atoms with Crippen LogP contribution in [0.15, 0.2) is 36.7 Å². The molecule has 4 rings (SSSR count). The van der Waals surface area contributed by atoms with Crippen LogP contribution in [0.5, 0.6) is 0 Å². The van der Waals surface area contributed by atoms with Crippen molar-refractivity contribution < 1.29 is 9.90 Å². The summed E-state index contributed by atoms with van der Waals surface area (Å²) in [6.07, 6.45) is 8.25. The van der Waals surface area contributed by atoms with Crippen LogP contribution in [0.3, 0.4) is 0 Å². The minimum Gasteiger partial charge on any atom is -0.396 e. The van der Waals surface area contributed by atoms with Crippen molar-refractivity contribution in [2.24, 2.45) is 5.92 Å². The maximum Gasteiger partial charge on any atom is 0.233 e. The molecule has 1 unspecified atom stereocenters. The predicted molar refractivity (Wildman–Crippen MR) is 105 cm³/mol. The van der Waals surface area contributed by atoms with E-state index in [9.17, 15) is 9.90 Å². The Morgan fingerprint density at radius 1 is 1.15 bits per heavy atom. The molecule has 2 aromatic heterocycles. The van der Waals surface area contributed by atoms with E-state index < -0.39 is 0 Å². The average molecular weight is 366 g/mol. The maximum absolute atomic E-state index is 13.0. The van der Waals surface area contributed by atoms with Gasteiger partial charge in [0.1, 0.15) is 0 Å². The standard InChI is InChI=1S/C21H26N4O2/c26-14-15-8-12-25(13-9-15)20-18(7-3-11-23-20)24-21(27)17-6-1-4-16-5-2-10-22-19(16)17/h2-3,5,7,10-11,15,17,26H,1,4,6,8-9,12-14H2,(H,24,27). The molecular weight excluding hydrogens is 340 g/mol. The van der Waals surface area contributed by atoms with E-state index in [0.717, 1.165) is 62.4 Å². The summed E-state index contributed by atoms with van der Waals surface area (Å²) in [7, 11) is 0. The summed E-state index contributed by atoms with van der Waals surface area (Å²) in [5.41, 5.74) is 2.85. The Kier molecular flexibility index (Phi) is 5.34. The van der Waals surface area contributed by atoms with E-state index in [0.29, 0.717) is 5.92 Å². The lowest BCUT2D eigenvalue weighted by molar-refractivity contribution is -0.118. The van der Waals surface area contributed by atoms with Gasteiger partial charge in [-0.05, 0) is 61.8 Å². The highest BCUT2D eigenvalue weighted by Crippen LogP contribution is 2.33. The van der Waals surface area contributed by atoms with Gasteiger partial charge in [0.25, 0.3) is 0 Å². The van der Waals surface area contributed by atoms with E-state index in [4.69, 9.17) is 0 Å². The lowest BCUT2D eigenvalue weighted by Gasteiger charge is -2.33. The van der Waals surface area contributed by atoms with Crippen molar-refractivity contribution in [3.05, 3.63) is 47.9 Å². The minimum absolute atomic E-state index is 0.00542. The van der Waals surface area contributed by atoms with Crippen LogP contribution in [0.25, 0.3) is 0 Å². The van der Waals surface area contributed by atoms with Gasteiger partial charge >= 0.3 is 0 Å². The topological polar surface area (TPSA) is 78.4 Å². The van der Waals surface area contributed by atoms with Crippen molar-refractivity contribution in [1.82, 2.24) is 9.97 Å². The number of hydrogen-bond acceptors (Lipinski definition) is 5. The Morgan fingerprint density at radius 2 is 1.93 bits per heavy atom. The van der Waals surface area contributed by atoms with Crippen LogP contribution in [0.2, 0.25) is 0 Å². The molecule has 0 radical (unpaired) electrons. The molecule has 2 aromatic rings. The molecule has 6 heteroatoms. The van der Waals surface area contributed by atoms with Crippen molar-refractivity contribution in [3.63, 3.8) is 0 Å². The highest BCUT2D eigenvalue weighted by Gasteiger charge is 2.29. The molecule has 1 fully saturated rings. The summed E-state index contributed by atoms with van der Waals surface area (Å²) in [6.45, 7) is 1.94. The van der Waals surface area contributed by atoms with E-state index in [2.05, 4.69) is 26.3 Å². The molecular formula is C21H26N4O2. The number of aliphatic hydroxyl groups is 1. The summed E-state index contributed by atoms with van der Waals surface area (Å²) in [4.78, 5) is 24.2. The fourth-order valence-electron chi connectivity index (χ4n) is 4.16. The van der Waals surface area contributed by atoms with Crippen molar-refractivity contribution in [2.75, 3.05) is 29.9 Å². The van der Waals surface area contributed by atoms with Gasteiger partial charge in [0.2, 0.25) is 5.91 Å². The number of aliphatic hydroxyl groups excluding tert-OH is 1. The number of nitrogens with zero attached hydrogens (tertiary/aromatic N) is 3. The number of nitrogens with one attached hydrogen (secondary N) is 1. The van der Waals surface area contributed by atoms with Gasteiger partial charge in [0.05, 0.1) is 17.3 Å². The molecule has 0 spiro atoms. The number of carbonyl (C=O) groups is 1. The SMILES string of the molecule is O=C(Nc1cccnc1N1CCC(CO)CC1)C1CCCc2cccnc21. The lowest BCUT2D eigenvalue weighted by Crippen LogP contribution is -2.36. The van der Waals surface area contributed by atoms with E-state index in [1.807, 2.05) is 18.2 Å². The molecule has 0 bridgehead atoms. The number of amides is 1. The monoisotopic (exact) mass is 366 g/mol. The molecule has 3 heterocycles. The molecule has 1 amide bonds. The molecule has 1 aliphatic carbocycles. The predicted octanol–water partition coefficient (Wildman–Crippen LogP) is 2.74. The van der Waals surface area contributed by atoms with Gasteiger partial charge in [-0.2, -0.15) is 0 Å². The third kappa shape index (κ3) is 3.81. The van der Waals surface area contributed by atoms with E-state index in [1.165, 1.54) is 5.56 Å². The molecule has 2 N–H and O–H groups in total. The van der Waals surface area contributed by atoms with Gasteiger partial charge < -0.3 is 15.3 Å². The molecule has 27 heavy (non-hydrogen) atoms. The second-order valence-electron chi connectivity index (χ2n) is 7.47. The molecule has 6 nitrogen and oxygen atoms in total. The van der Waals surface area contributed by atoms with E-state index in [1.54, 1.807) is 12.4 Å². The highest BCUT2D eigenvalue weighted by atomic mass is 16.3. The van der Waals surface area contributed by atoms with E-state index >= 15 is 0 Å². The number of aryl methyl sites for hydroxylation is 1. The van der Waals surface area contributed by atoms with Crippen LogP contribution in [-0.2, 0) is 11.2 Å². The number of carbonyl (C=O) groups excluding carboxylic acids is 1. The third-order valence-corrected chi connectivity index (χ3v) is 5.73. The number of anilines is 2. The maximum atomic E-state index is 13.0. The first kappa shape index (κ1) is 17.9. The zero-order valence-corrected chi connectivity index (χ0v) is 15.5. The van der Waals surface area contributed by atoms with Crippen molar-refractivity contribution in [1.29, 1.82) is 0 Å². The Hall–Kier alpha value is -2.47. The molecule has 0 saturated carbocycles. The second-order valence-corrected chi connectivity index (χ2v) is 7.47. The molecule has 1 atom stereocenters. The number of piperidine rings is 1. The van der Waals surface area contributed by atoms with Crippen molar-refractivity contribution in [2.45, 2.75) is 38.0 Å². The van der Waals surface area contributed by atoms with Gasteiger partial charge in [-0.3, -0.25) is 9.78 Å². The van der Waals surface area contributed by atoms with Gasteiger partial charge in [-0.25, -0.2) is 4.98 Å². The fraction of sp³-hybridized carbons (Fsp3) is 0.476. The molecule has 0 aromatic carbocycles. The lowest BCUT2D eigenvalue weighted by atomic mass is 9.86. The second kappa shape index (κ2) is 8.05. The summed E-state index contributed by atoms with van der Waals surface area (Å²) in [6, 6.07) is 7.78. The van der Waals surface area contributed by atoms with Crippen molar-refractivity contribution in [3.8, 4) is 0 Å². The van der Waals surface area contributed by atoms with Gasteiger partial charge in [0.15, 0.2) is 5.82 Å². The quantitative estimate of drug-likeness (QED) is 0.870. The Balaban J connectivity index is 1.51. The number of aromatic nitrogens is 2. The Morgan fingerprint density at radius 3 is 2.74 bits per heavy atom. The summed E-state index contributed by atoms with van der Waals surface area (Å²) >= 11 is 0. The molecule has 2 aliphatic rings. The first-order chi connectivity index (χ1) is 13.3. The van der Waals surface area contributed by atoms with Crippen LogP contribution in [-0.4, -0.2) is 40.7 Å². The number of hydrogen-bond donors (Lipinski definition) is 2. The number of pyridine rings is 2. The average Bonchev–Trinajstić information content (AvgIpc) is 2.74. The Bertz CT molecular complexity index is 802.